The number of aliphatic hydroxyl groups is 1. The molecule has 1 N–H and O–H groups in total. The Labute approximate surface area is 139 Å². The average Bonchev–Trinajstić information content (AvgIpc) is 3.02. The molecule has 3 rings (SSSR count). The van der Waals surface area contributed by atoms with Gasteiger partial charge in [0.05, 0.1) is 18.9 Å². The minimum atomic E-state index is -0.101. The van der Waals surface area contributed by atoms with Crippen molar-refractivity contribution in [2.75, 3.05) is 7.05 Å². The van der Waals surface area contributed by atoms with E-state index < -0.39 is 0 Å². The van der Waals surface area contributed by atoms with Gasteiger partial charge in [0.1, 0.15) is 11.6 Å². The molecule has 0 amide bonds. The van der Waals surface area contributed by atoms with Crippen LogP contribution in [0.5, 0.6) is 0 Å². The predicted molar refractivity (Wildman–Crippen MR) is 88.2 cm³/mol. The van der Waals surface area contributed by atoms with Gasteiger partial charge in [-0.05, 0) is 44.9 Å². The topological polar surface area (TPSA) is 59.1 Å². The molecule has 0 atom stereocenters. The van der Waals surface area contributed by atoms with Gasteiger partial charge in [-0.25, -0.2) is 9.67 Å². The zero-order valence-corrected chi connectivity index (χ0v) is 14.6. The lowest BCUT2D eigenvalue weighted by Gasteiger charge is -2.14. The van der Waals surface area contributed by atoms with Gasteiger partial charge in [0, 0.05) is 11.9 Å². The average molecular weight is 339 g/mol. The Morgan fingerprint density at radius 2 is 2.14 bits per heavy atom. The van der Waals surface area contributed by atoms with E-state index in [0.717, 1.165) is 13.0 Å². The Morgan fingerprint density at radius 3 is 2.82 bits per heavy atom. The monoisotopic (exact) mass is 339 g/mol. The van der Waals surface area contributed by atoms with Crippen molar-refractivity contribution in [3.05, 3.63) is 26.2 Å². The summed E-state index contributed by atoms with van der Waals surface area (Å²) >= 11 is 7.18. The van der Waals surface area contributed by atoms with E-state index in [2.05, 4.69) is 10.00 Å². The van der Waals surface area contributed by atoms with Crippen molar-refractivity contribution in [1.29, 1.82) is 0 Å². The zero-order valence-electron chi connectivity index (χ0n) is 12.9. The maximum Gasteiger partial charge on any atom is 0.198 e. The standard InChI is InChI=1S/C14H21N5OS2/c1-17(9-19-14(21)18(2)12(8-20)16-19)7-13-15-10-5-3-4-6-11(10)22-13/h20H,3-9H2,1-2H3. The van der Waals surface area contributed by atoms with Crippen LogP contribution in [0, 0.1) is 4.77 Å². The third-order valence-electron chi connectivity index (χ3n) is 3.94. The van der Waals surface area contributed by atoms with Gasteiger partial charge < -0.3 is 9.67 Å². The number of hydrogen-bond acceptors (Lipinski definition) is 6. The van der Waals surface area contributed by atoms with Crippen molar-refractivity contribution in [1.82, 2.24) is 24.2 Å². The van der Waals surface area contributed by atoms with Crippen LogP contribution in [0.3, 0.4) is 0 Å². The summed E-state index contributed by atoms with van der Waals surface area (Å²) in [4.78, 5) is 8.38. The third kappa shape index (κ3) is 3.15. The molecule has 22 heavy (non-hydrogen) atoms. The van der Waals surface area contributed by atoms with E-state index in [1.807, 2.05) is 25.4 Å². The van der Waals surface area contributed by atoms with Crippen LogP contribution in [0.1, 0.15) is 34.2 Å². The number of rotatable bonds is 5. The van der Waals surface area contributed by atoms with Crippen LogP contribution >= 0.6 is 23.6 Å². The number of thiazole rings is 1. The maximum absolute atomic E-state index is 9.25. The summed E-state index contributed by atoms with van der Waals surface area (Å²) in [5.41, 5.74) is 1.30. The normalized spacial score (nSPS) is 14.5. The number of aryl methyl sites for hydroxylation is 2. The van der Waals surface area contributed by atoms with Crippen LogP contribution in [0.25, 0.3) is 0 Å². The molecule has 0 bridgehead atoms. The fraction of sp³-hybridized carbons (Fsp3) is 0.643. The molecular weight excluding hydrogens is 318 g/mol. The van der Waals surface area contributed by atoms with E-state index in [9.17, 15) is 5.11 Å². The van der Waals surface area contributed by atoms with E-state index in [4.69, 9.17) is 17.2 Å². The summed E-state index contributed by atoms with van der Waals surface area (Å²) in [7, 11) is 3.86. The predicted octanol–water partition coefficient (Wildman–Crippen LogP) is 1.87. The molecule has 1 aliphatic carbocycles. The van der Waals surface area contributed by atoms with Crippen molar-refractivity contribution in [3.8, 4) is 0 Å². The van der Waals surface area contributed by atoms with Gasteiger partial charge in [-0.15, -0.1) is 11.3 Å². The molecule has 120 valence electrons. The van der Waals surface area contributed by atoms with Gasteiger partial charge in [-0.3, -0.25) is 4.90 Å². The van der Waals surface area contributed by atoms with Crippen molar-refractivity contribution in [2.24, 2.45) is 7.05 Å². The first-order valence-corrected chi connectivity index (χ1v) is 8.70. The molecule has 6 nitrogen and oxygen atoms in total. The Bertz CT molecular complexity index is 694. The molecular formula is C14H21N5OS2. The third-order valence-corrected chi connectivity index (χ3v) is 5.57. The van der Waals surface area contributed by atoms with Crippen LogP contribution in [0.15, 0.2) is 0 Å². The molecule has 8 heteroatoms. The second kappa shape index (κ2) is 6.57. The molecule has 1 aliphatic rings. The van der Waals surface area contributed by atoms with E-state index in [1.165, 1.54) is 34.8 Å². The Kier molecular flexibility index (Phi) is 4.72. The quantitative estimate of drug-likeness (QED) is 0.843. The lowest BCUT2D eigenvalue weighted by Crippen LogP contribution is -2.22. The van der Waals surface area contributed by atoms with Crippen molar-refractivity contribution in [2.45, 2.75) is 45.5 Å². The van der Waals surface area contributed by atoms with E-state index >= 15 is 0 Å². The number of fused-ring (bicyclic) bond motifs is 1. The van der Waals surface area contributed by atoms with Crippen molar-refractivity contribution in [3.63, 3.8) is 0 Å². The molecule has 0 radical (unpaired) electrons. The first-order valence-electron chi connectivity index (χ1n) is 7.48. The highest BCUT2D eigenvalue weighted by molar-refractivity contribution is 7.71. The molecule has 0 unspecified atom stereocenters. The number of aromatic nitrogens is 4. The van der Waals surface area contributed by atoms with Crippen LogP contribution in [0.4, 0.5) is 0 Å². The van der Waals surface area contributed by atoms with Crippen LogP contribution < -0.4 is 0 Å². The summed E-state index contributed by atoms with van der Waals surface area (Å²) < 4.78 is 4.11. The summed E-state index contributed by atoms with van der Waals surface area (Å²) in [5.74, 6) is 0.586. The minimum absolute atomic E-state index is 0.101. The maximum atomic E-state index is 9.25. The van der Waals surface area contributed by atoms with Gasteiger partial charge >= 0.3 is 0 Å². The van der Waals surface area contributed by atoms with Gasteiger partial charge in [-0.1, -0.05) is 0 Å². The van der Waals surface area contributed by atoms with E-state index in [1.54, 1.807) is 9.25 Å². The van der Waals surface area contributed by atoms with Gasteiger partial charge in [0.25, 0.3) is 0 Å². The minimum Gasteiger partial charge on any atom is -0.388 e. The number of hydrogen-bond donors (Lipinski definition) is 1. The van der Waals surface area contributed by atoms with Crippen molar-refractivity contribution < 1.29 is 5.11 Å². The smallest absolute Gasteiger partial charge is 0.198 e. The van der Waals surface area contributed by atoms with Crippen LogP contribution in [-0.4, -0.2) is 36.4 Å². The van der Waals surface area contributed by atoms with Crippen LogP contribution in [0.2, 0.25) is 0 Å². The SMILES string of the molecule is CN(Cc1nc2c(s1)CCCC2)Cn1nc(CO)n(C)c1=S. The van der Waals surface area contributed by atoms with Gasteiger partial charge in [-0.2, -0.15) is 5.10 Å². The highest BCUT2D eigenvalue weighted by Gasteiger charge is 2.16. The Hall–Kier alpha value is -1.09. The van der Waals surface area contributed by atoms with Crippen LogP contribution in [-0.2, 0) is 39.7 Å². The fourth-order valence-electron chi connectivity index (χ4n) is 2.75. The van der Waals surface area contributed by atoms with Gasteiger partial charge in [0.2, 0.25) is 0 Å². The largest absolute Gasteiger partial charge is 0.388 e. The highest BCUT2D eigenvalue weighted by atomic mass is 32.1. The lowest BCUT2D eigenvalue weighted by atomic mass is 10.0. The molecule has 2 aromatic rings. The molecule has 2 aromatic heterocycles. The fourth-order valence-corrected chi connectivity index (χ4v) is 4.19. The molecule has 0 saturated carbocycles. The summed E-state index contributed by atoms with van der Waals surface area (Å²) in [6, 6.07) is 0. The molecule has 0 aliphatic heterocycles. The molecule has 0 saturated heterocycles. The second-order valence-corrected chi connectivity index (χ2v) is 7.29. The first-order chi connectivity index (χ1) is 10.6. The number of aliphatic hydroxyl groups excluding tert-OH is 1. The Morgan fingerprint density at radius 1 is 1.36 bits per heavy atom. The molecule has 0 spiro atoms. The first kappa shape index (κ1) is 15.8. The highest BCUT2D eigenvalue weighted by Crippen LogP contribution is 2.27. The molecule has 2 heterocycles. The second-order valence-electron chi connectivity index (χ2n) is 5.76. The Balaban J connectivity index is 1.68. The van der Waals surface area contributed by atoms with E-state index in [0.29, 0.717) is 17.3 Å². The molecule has 0 fully saturated rings. The summed E-state index contributed by atoms with van der Waals surface area (Å²) in [6.45, 7) is 1.29. The summed E-state index contributed by atoms with van der Waals surface area (Å²) in [5, 5.41) is 14.8. The number of nitrogens with zero attached hydrogens (tertiary/aromatic N) is 5. The molecule has 0 aromatic carbocycles. The summed E-state index contributed by atoms with van der Waals surface area (Å²) in [6.07, 6.45) is 4.86. The van der Waals surface area contributed by atoms with Crippen molar-refractivity contribution >= 4 is 23.6 Å². The van der Waals surface area contributed by atoms with Gasteiger partial charge in [0.15, 0.2) is 10.6 Å². The van der Waals surface area contributed by atoms with E-state index in [-0.39, 0.29) is 6.61 Å². The zero-order chi connectivity index (χ0) is 15.7. The lowest BCUT2D eigenvalue weighted by molar-refractivity contribution is 0.238.